The summed E-state index contributed by atoms with van der Waals surface area (Å²) < 4.78 is 33.6. The van der Waals surface area contributed by atoms with E-state index in [2.05, 4.69) is 4.52 Å². The second-order valence-corrected chi connectivity index (χ2v) is 2.96. The topological polar surface area (TPSA) is 66.8 Å². The molecular formula is C2H6BrF2O4P. The number of hydrogen-bond donors (Lipinski definition) is 2. The van der Waals surface area contributed by atoms with E-state index in [1.807, 2.05) is 15.9 Å². The lowest BCUT2D eigenvalue weighted by Crippen LogP contribution is -1.76. The highest BCUT2D eigenvalue weighted by molar-refractivity contribution is 9.09. The molecule has 4 nitrogen and oxygen atoms in total. The van der Waals surface area contributed by atoms with Crippen LogP contribution in [0, 0.1) is 0 Å². The molecule has 0 heterocycles. The van der Waals surface area contributed by atoms with Crippen molar-refractivity contribution in [3.63, 3.8) is 0 Å². The first kappa shape index (κ1) is 13.1. The Morgan fingerprint density at radius 2 is 1.70 bits per heavy atom. The second-order valence-electron chi connectivity index (χ2n) is 0.921. The molecule has 0 unspecified atom stereocenters. The lowest BCUT2D eigenvalue weighted by molar-refractivity contribution is 0.235. The van der Waals surface area contributed by atoms with E-state index in [0.29, 0.717) is 0 Å². The van der Waals surface area contributed by atoms with Crippen LogP contribution in [-0.4, -0.2) is 22.2 Å². The molecule has 10 heavy (non-hydrogen) atoms. The quantitative estimate of drug-likeness (QED) is 0.538. The van der Waals surface area contributed by atoms with Crippen molar-refractivity contribution in [2.45, 2.75) is 5.33 Å². The number of alkyl halides is 3. The minimum atomic E-state index is -4.15. The molecule has 0 fully saturated rings. The molecule has 0 aliphatic heterocycles. The molecular weight excluding hydrogens is 237 g/mol. The summed E-state index contributed by atoms with van der Waals surface area (Å²) in [4.78, 5) is 15.4. The van der Waals surface area contributed by atoms with Gasteiger partial charge in [0, 0.05) is 7.11 Å². The Morgan fingerprint density at radius 3 is 1.70 bits per heavy atom. The summed E-state index contributed by atoms with van der Waals surface area (Å²) in [7, 11) is -3.20. The predicted molar refractivity (Wildman–Crippen MR) is 34.0 cm³/mol. The van der Waals surface area contributed by atoms with Crippen LogP contribution in [0.25, 0.3) is 0 Å². The molecule has 0 aliphatic carbocycles. The van der Waals surface area contributed by atoms with Gasteiger partial charge in [0.2, 0.25) is 0 Å². The maximum absolute atomic E-state index is 10.2. The average Bonchev–Trinajstić information content (AvgIpc) is 1.63. The zero-order valence-electron chi connectivity index (χ0n) is 4.87. The zero-order valence-corrected chi connectivity index (χ0v) is 7.35. The van der Waals surface area contributed by atoms with Gasteiger partial charge < -0.3 is 9.79 Å². The zero-order chi connectivity index (χ0) is 8.78. The molecule has 0 spiro atoms. The van der Waals surface area contributed by atoms with Crippen LogP contribution in [0.4, 0.5) is 8.78 Å². The molecule has 2 N–H and O–H groups in total. The van der Waals surface area contributed by atoms with Crippen molar-refractivity contribution in [1.82, 2.24) is 0 Å². The molecule has 0 aromatic rings. The fourth-order valence-corrected chi connectivity index (χ4v) is 0. The van der Waals surface area contributed by atoms with Gasteiger partial charge in [0.05, 0.1) is 0 Å². The van der Waals surface area contributed by atoms with Crippen LogP contribution in [0.3, 0.4) is 0 Å². The van der Waals surface area contributed by atoms with Crippen LogP contribution in [-0.2, 0) is 9.09 Å². The third-order valence-corrected chi connectivity index (χ3v) is 0.714. The maximum Gasteiger partial charge on any atom is 0.469 e. The number of halogens is 3. The second kappa shape index (κ2) is 6.18. The first-order chi connectivity index (χ1) is 4.29. The molecule has 0 aliphatic rings. The number of phosphoric acid groups is 1. The van der Waals surface area contributed by atoms with Crippen molar-refractivity contribution >= 4 is 23.8 Å². The Bertz CT molecular complexity index is 111. The molecule has 0 aromatic heterocycles. The Kier molecular flexibility index (Phi) is 8.08. The first-order valence-corrected chi connectivity index (χ1v) is 4.27. The van der Waals surface area contributed by atoms with Gasteiger partial charge in [-0.05, 0) is 15.9 Å². The molecule has 0 bridgehead atoms. The van der Waals surface area contributed by atoms with Gasteiger partial charge in [-0.1, -0.05) is 0 Å². The molecule has 0 rings (SSSR count). The molecule has 8 heteroatoms. The lowest BCUT2D eigenvalue weighted by atomic mass is 11.7. The predicted octanol–water partition coefficient (Wildman–Crippen LogP) is 1.33. The fraction of sp³-hybridized carbons (Fsp3) is 1.00. The lowest BCUT2D eigenvalue weighted by Gasteiger charge is -1.93. The molecule has 0 radical (unpaired) electrons. The Labute approximate surface area is 64.6 Å². The van der Waals surface area contributed by atoms with E-state index in [1.165, 1.54) is 0 Å². The smallest absolute Gasteiger partial charge is 0.303 e. The van der Waals surface area contributed by atoms with Crippen molar-refractivity contribution in [3.05, 3.63) is 0 Å². The minimum absolute atomic E-state index is 0.945. The molecule has 0 saturated heterocycles. The molecule has 0 atom stereocenters. The van der Waals surface area contributed by atoms with E-state index in [-0.39, 0.29) is 0 Å². The molecule has 64 valence electrons. The van der Waals surface area contributed by atoms with E-state index >= 15 is 0 Å². The summed E-state index contributed by atoms with van der Waals surface area (Å²) in [6, 6.07) is 0. The van der Waals surface area contributed by atoms with Crippen molar-refractivity contribution in [1.29, 1.82) is 0 Å². The van der Waals surface area contributed by atoms with Gasteiger partial charge in [-0.15, -0.1) is 0 Å². The standard InChI is InChI=1S/CHBrF2.CH5O4P/c2-1(3)4;1-5-6(2,3)4/h1H;1H3,(H2,2,3,4). The fourth-order valence-electron chi connectivity index (χ4n) is 0. The molecule has 0 saturated carbocycles. The van der Waals surface area contributed by atoms with Crippen molar-refractivity contribution in [2.24, 2.45) is 0 Å². The number of hydrogen-bond acceptors (Lipinski definition) is 2. The van der Waals surface area contributed by atoms with Crippen LogP contribution >= 0.6 is 23.8 Å². The van der Waals surface area contributed by atoms with Crippen molar-refractivity contribution in [3.8, 4) is 0 Å². The number of rotatable bonds is 1. The average molecular weight is 243 g/mol. The SMILES string of the molecule is COP(=O)(O)O.FC(F)Br. The van der Waals surface area contributed by atoms with Crippen LogP contribution < -0.4 is 0 Å². The van der Waals surface area contributed by atoms with Crippen molar-refractivity contribution < 1.29 is 27.7 Å². The minimum Gasteiger partial charge on any atom is -0.303 e. The van der Waals surface area contributed by atoms with E-state index in [9.17, 15) is 13.3 Å². The van der Waals surface area contributed by atoms with E-state index in [4.69, 9.17) is 9.79 Å². The van der Waals surface area contributed by atoms with Crippen molar-refractivity contribution in [2.75, 3.05) is 7.11 Å². The van der Waals surface area contributed by atoms with E-state index < -0.39 is 13.2 Å². The summed E-state index contributed by atoms with van der Waals surface area (Å²) >= 11 is 1.94. The van der Waals surface area contributed by atoms with Crippen LogP contribution in [0.1, 0.15) is 0 Å². The maximum atomic E-state index is 10.2. The van der Waals surface area contributed by atoms with E-state index in [0.717, 1.165) is 7.11 Å². The number of phosphoric ester groups is 1. The third-order valence-electron chi connectivity index (χ3n) is 0.238. The third kappa shape index (κ3) is 39.4. The normalized spacial score (nSPS) is 10.7. The summed E-state index contributed by atoms with van der Waals surface area (Å²) in [5.41, 5.74) is 0. The highest BCUT2D eigenvalue weighted by Crippen LogP contribution is 2.33. The van der Waals surface area contributed by atoms with Gasteiger partial charge in [-0.3, -0.25) is 4.52 Å². The summed E-state index contributed by atoms with van der Waals surface area (Å²) in [5.74, 6) is 0. The Morgan fingerprint density at radius 1 is 1.60 bits per heavy atom. The van der Waals surface area contributed by atoms with E-state index in [1.54, 1.807) is 0 Å². The van der Waals surface area contributed by atoms with Gasteiger partial charge >= 0.3 is 7.82 Å². The van der Waals surface area contributed by atoms with Crippen LogP contribution in [0.15, 0.2) is 0 Å². The highest BCUT2D eigenvalue weighted by atomic mass is 79.9. The summed E-state index contributed by atoms with van der Waals surface area (Å²) in [5, 5.41) is -2.35. The summed E-state index contributed by atoms with van der Waals surface area (Å²) in [6.45, 7) is 0. The molecule has 0 aromatic carbocycles. The van der Waals surface area contributed by atoms with Gasteiger partial charge in [-0.2, -0.15) is 8.78 Å². The Hall–Kier alpha value is 0.450. The van der Waals surface area contributed by atoms with Crippen LogP contribution in [0.5, 0.6) is 0 Å². The first-order valence-electron chi connectivity index (χ1n) is 1.83. The largest absolute Gasteiger partial charge is 0.469 e. The van der Waals surface area contributed by atoms with Gasteiger partial charge in [0.1, 0.15) is 0 Å². The van der Waals surface area contributed by atoms with Gasteiger partial charge in [-0.25, -0.2) is 4.57 Å². The highest BCUT2D eigenvalue weighted by Gasteiger charge is 2.07. The monoisotopic (exact) mass is 242 g/mol. The van der Waals surface area contributed by atoms with Gasteiger partial charge in [0.15, 0.2) is 0 Å². The van der Waals surface area contributed by atoms with Crippen LogP contribution in [0.2, 0.25) is 0 Å². The Balaban J connectivity index is 0. The van der Waals surface area contributed by atoms with Gasteiger partial charge in [0.25, 0.3) is 5.33 Å². The summed E-state index contributed by atoms with van der Waals surface area (Å²) in [6.07, 6.45) is 0. The molecule has 0 amide bonds.